The van der Waals surface area contributed by atoms with Crippen molar-refractivity contribution < 1.29 is 43.5 Å². The Morgan fingerprint density at radius 3 is 2.28 bits per heavy atom. The lowest BCUT2D eigenvalue weighted by molar-refractivity contribution is -0.152. The molecule has 208 valence electrons. The Kier molecular flexibility index (Phi) is 9.39. The minimum absolute atomic E-state index is 0.0988. The van der Waals surface area contributed by atoms with Gasteiger partial charge in [-0.1, -0.05) is 30.3 Å². The van der Waals surface area contributed by atoms with Crippen LogP contribution < -0.4 is 15.2 Å². The highest BCUT2D eigenvalue weighted by Crippen LogP contribution is 2.38. The van der Waals surface area contributed by atoms with Gasteiger partial charge in [0.15, 0.2) is 17.8 Å². The molecule has 4 N–H and O–H groups in total. The first kappa shape index (κ1) is 28.9. The van der Waals surface area contributed by atoms with Gasteiger partial charge >= 0.3 is 12.1 Å². The Morgan fingerprint density at radius 1 is 1.00 bits per heavy atom. The van der Waals surface area contributed by atoms with Crippen molar-refractivity contribution in [1.82, 2.24) is 9.47 Å². The zero-order chi connectivity index (χ0) is 28.7. The lowest BCUT2D eigenvalue weighted by Gasteiger charge is -2.28. The van der Waals surface area contributed by atoms with Crippen LogP contribution in [0.2, 0.25) is 0 Å². The van der Waals surface area contributed by atoms with E-state index < -0.39 is 41.8 Å². The summed E-state index contributed by atoms with van der Waals surface area (Å²) in [7, 11) is 4.00. The number of aromatic nitrogens is 1. The molecule has 0 saturated heterocycles. The third-order valence-electron chi connectivity index (χ3n) is 5.90. The van der Waals surface area contributed by atoms with Crippen LogP contribution in [0.15, 0.2) is 54.6 Å². The van der Waals surface area contributed by atoms with Gasteiger partial charge in [0.05, 0.1) is 39.5 Å². The molecule has 2 amide bonds. The maximum Gasteiger partial charge on any atom is 0.418 e. The average Bonchev–Trinajstić information content (AvgIpc) is 3.22. The number of rotatable bonds is 10. The van der Waals surface area contributed by atoms with Crippen LogP contribution in [0.1, 0.15) is 29.7 Å². The summed E-state index contributed by atoms with van der Waals surface area (Å²) in [6.45, 7) is 1.02. The standard InChI is InChI=1S/C27H31N3O9/c1-16(28)24(32)30(27(35)39-15-17-8-6-5-7-9-17)23(26(34)38-4)20-13-22(31)29(25(20)33)14-18-10-11-19(36-2)12-21(18)37-3/h5-13,16,23,31,33H,14-15,28H2,1-4H3/t16-,23?/m0/s1. The van der Waals surface area contributed by atoms with Crippen molar-refractivity contribution in [2.45, 2.75) is 32.2 Å². The van der Waals surface area contributed by atoms with Crippen LogP contribution in [-0.4, -0.2) is 65.0 Å². The van der Waals surface area contributed by atoms with Crippen molar-refractivity contribution in [3.05, 3.63) is 71.3 Å². The summed E-state index contributed by atoms with van der Waals surface area (Å²) >= 11 is 0. The van der Waals surface area contributed by atoms with E-state index in [0.29, 0.717) is 27.5 Å². The summed E-state index contributed by atoms with van der Waals surface area (Å²) in [6, 6.07) is 11.7. The summed E-state index contributed by atoms with van der Waals surface area (Å²) in [5, 5.41) is 21.8. The fourth-order valence-corrected chi connectivity index (χ4v) is 3.87. The number of aromatic hydroxyl groups is 2. The molecule has 0 spiro atoms. The molecule has 3 rings (SSSR count). The monoisotopic (exact) mass is 541 g/mol. The first-order chi connectivity index (χ1) is 18.6. The van der Waals surface area contributed by atoms with Gasteiger partial charge in [0.2, 0.25) is 5.91 Å². The van der Waals surface area contributed by atoms with E-state index in [0.717, 1.165) is 17.7 Å². The number of hydrogen-bond donors (Lipinski definition) is 3. The molecule has 2 aromatic carbocycles. The lowest BCUT2D eigenvalue weighted by atomic mass is 10.1. The molecule has 0 fully saturated rings. The van der Waals surface area contributed by atoms with Gasteiger partial charge in [0, 0.05) is 17.7 Å². The minimum atomic E-state index is -1.82. The third kappa shape index (κ3) is 6.41. The largest absolute Gasteiger partial charge is 0.497 e. The van der Waals surface area contributed by atoms with Gasteiger partial charge in [0.1, 0.15) is 18.1 Å². The van der Waals surface area contributed by atoms with Gasteiger partial charge < -0.3 is 34.9 Å². The number of hydrogen-bond acceptors (Lipinski definition) is 10. The molecule has 0 radical (unpaired) electrons. The second kappa shape index (κ2) is 12.7. The zero-order valence-corrected chi connectivity index (χ0v) is 22.0. The average molecular weight is 542 g/mol. The molecule has 0 bridgehead atoms. The molecule has 3 aromatic rings. The Balaban J connectivity index is 2.03. The third-order valence-corrected chi connectivity index (χ3v) is 5.90. The van der Waals surface area contributed by atoms with E-state index in [-0.39, 0.29) is 18.7 Å². The van der Waals surface area contributed by atoms with Gasteiger partial charge in [0.25, 0.3) is 0 Å². The molecule has 0 aliphatic carbocycles. The number of benzene rings is 2. The molecule has 0 aliphatic rings. The van der Waals surface area contributed by atoms with Crippen LogP contribution in [0.3, 0.4) is 0 Å². The maximum atomic E-state index is 13.2. The van der Waals surface area contributed by atoms with Gasteiger partial charge in [-0.15, -0.1) is 0 Å². The van der Waals surface area contributed by atoms with Gasteiger partial charge in [-0.05, 0) is 24.6 Å². The zero-order valence-electron chi connectivity index (χ0n) is 22.0. The van der Waals surface area contributed by atoms with Gasteiger partial charge in [-0.25, -0.2) is 14.5 Å². The van der Waals surface area contributed by atoms with Crippen LogP contribution in [0, 0.1) is 0 Å². The minimum Gasteiger partial charge on any atom is -0.497 e. The van der Waals surface area contributed by atoms with Crippen molar-refractivity contribution in [1.29, 1.82) is 0 Å². The predicted molar refractivity (Wildman–Crippen MR) is 138 cm³/mol. The highest BCUT2D eigenvalue weighted by atomic mass is 16.6. The summed E-state index contributed by atoms with van der Waals surface area (Å²) in [5.74, 6) is -2.16. The Bertz CT molecular complexity index is 1320. The Labute approximate surface area is 225 Å². The first-order valence-corrected chi connectivity index (χ1v) is 11.8. The SMILES string of the molecule is COC(=O)C(c1cc(O)n(Cc2ccc(OC)cc2OC)c1O)N(C(=O)OCc1ccccc1)C(=O)[C@H](C)N. The molecule has 39 heavy (non-hydrogen) atoms. The molecule has 12 heteroatoms. The summed E-state index contributed by atoms with van der Waals surface area (Å²) in [6.07, 6.45) is -1.19. The number of carbonyl (C=O) groups excluding carboxylic acids is 3. The van der Waals surface area contributed by atoms with E-state index in [2.05, 4.69) is 0 Å². The molecule has 0 aliphatic heterocycles. The van der Waals surface area contributed by atoms with Crippen molar-refractivity contribution >= 4 is 18.0 Å². The molecular weight excluding hydrogens is 510 g/mol. The van der Waals surface area contributed by atoms with E-state index >= 15 is 0 Å². The fraction of sp³-hybridized carbons (Fsp3) is 0.296. The first-order valence-electron chi connectivity index (χ1n) is 11.8. The van der Waals surface area contributed by atoms with Crippen molar-refractivity contribution in [3.8, 4) is 23.3 Å². The van der Waals surface area contributed by atoms with E-state index in [1.165, 1.54) is 21.1 Å². The van der Waals surface area contributed by atoms with E-state index in [1.54, 1.807) is 48.5 Å². The van der Waals surface area contributed by atoms with Crippen LogP contribution in [0.25, 0.3) is 0 Å². The number of nitrogens with two attached hydrogens (primary N) is 1. The molecule has 2 atom stereocenters. The maximum absolute atomic E-state index is 13.2. The highest BCUT2D eigenvalue weighted by Gasteiger charge is 2.42. The number of carbonyl (C=O) groups is 3. The summed E-state index contributed by atoms with van der Waals surface area (Å²) in [5.41, 5.74) is 6.68. The molecule has 0 saturated carbocycles. The van der Waals surface area contributed by atoms with Crippen LogP contribution in [0.5, 0.6) is 23.3 Å². The topological polar surface area (TPSA) is 163 Å². The number of ether oxygens (including phenoxy) is 4. The normalized spacial score (nSPS) is 12.2. The Morgan fingerprint density at radius 2 is 1.69 bits per heavy atom. The van der Waals surface area contributed by atoms with Gasteiger partial charge in [-0.3, -0.25) is 9.36 Å². The smallest absolute Gasteiger partial charge is 0.418 e. The van der Waals surface area contributed by atoms with Crippen molar-refractivity contribution in [2.24, 2.45) is 5.73 Å². The number of amides is 2. The predicted octanol–water partition coefficient (Wildman–Crippen LogP) is 2.69. The van der Waals surface area contributed by atoms with Crippen molar-refractivity contribution in [3.63, 3.8) is 0 Å². The number of imide groups is 1. The van der Waals surface area contributed by atoms with Crippen LogP contribution in [0.4, 0.5) is 4.79 Å². The summed E-state index contributed by atoms with van der Waals surface area (Å²) in [4.78, 5) is 39.7. The fourth-order valence-electron chi connectivity index (χ4n) is 3.87. The van der Waals surface area contributed by atoms with E-state index in [9.17, 15) is 24.6 Å². The quantitative estimate of drug-likeness (QED) is 0.325. The van der Waals surface area contributed by atoms with Crippen LogP contribution >= 0.6 is 0 Å². The number of nitrogens with zero attached hydrogens (tertiary/aromatic N) is 2. The molecule has 1 unspecified atom stereocenters. The molecule has 1 aromatic heterocycles. The van der Waals surface area contributed by atoms with Crippen molar-refractivity contribution in [2.75, 3.05) is 21.3 Å². The van der Waals surface area contributed by atoms with E-state index in [1.807, 2.05) is 0 Å². The molecular formula is C27H31N3O9. The number of esters is 1. The van der Waals surface area contributed by atoms with E-state index in [4.69, 9.17) is 24.7 Å². The second-order valence-electron chi connectivity index (χ2n) is 8.51. The number of methoxy groups -OCH3 is 3. The van der Waals surface area contributed by atoms with Gasteiger partial charge in [-0.2, -0.15) is 0 Å². The lowest BCUT2D eigenvalue weighted by Crippen LogP contribution is -2.49. The molecule has 12 nitrogen and oxygen atoms in total. The van der Waals surface area contributed by atoms with Crippen LogP contribution in [-0.2, 0) is 32.2 Å². The summed E-state index contributed by atoms with van der Waals surface area (Å²) < 4.78 is 21.8. The second-order valence-corrected chi connectivity index (χ2v) is 8.51. The molecule has 1 heterocycles. The Hall–Kier alpha value is -4.71. The highest BCUT2D eigenvalue weighted by molar-refractivity contribution is 5.99.